The average molecular weight is 374 g/mol. The number of rotatable bonds is 9. The van der Waals surface area contributed by atoms with Gasteiger partial charge in [0.05, 0.1) is 12.6 Å². The molecule has 0 aliphatic rings. The van der Waals surface area contributed by atoms with Gasteiger partial charge in [-0.3, -0.25) is 0 Å². The van der Waals surface area contributed by atoms with Crippen LogP contribution in [0.4, 0.5) is 0 Å². The Balaban J connectivity index is 1.91. The van der Waals surface area contributed by atoms with Gasteiger partial charge in [0, 0.05) is 16.7 Å². The predicted molar refractivity (Wildman–Crippen MR) is 90.3 cm³/mol. The molecule has 0 fully saturated rings. The fourth-order valence-corrected chi connectivity index (χ4v) is 2.65. The summed E-state index contributed by atoms with van der Waals surface area (Å²) in [6, 6.07) is 4.89. The molecule has 0 bridgehead atoms. The number of nitrogens with two attached hydrogens (primary N) is 1. The molecule has 0 saturated heterocycles. The van der Waals surface area contributed by atoms with Crippen molar-refractivity contribution < 1.29 is 14.7 Å². The van der Waals surface area contributed by atoms with Crippen molar-refractivity contribution >= 4 is 30.5 Å². The second-order valence-corrected chi connectivity index (χ2v) is 6.07. The number of halogens is 2. The Labute approximate surface area is 149 Å². The van der Waals surface area contributed by atoms with Crippen LogP contribution in [-0.2, 0) is 11.2 Å². The summed E-state index contributed by atoms with van der Waals surface area (Å²) in [6.07, 6.45) is 2.03. The van der Waals surface area contributed by atoms with E-state index in [2.05, 4.69) is 20.2 Å². The monoisotopic (exact) mass is 373 g/mol. The Morgan fingerprint density at radius 3 is 2.79 bits per heavy atom. The van der Waals surface area contributed by atoms with Crippen molar-refractivity contribution in [2.45, 2.75) is 31.8 Å². The van der Waals surface area contributed by atoms with Gasteiger partial charge in [0.25, 0.3) is 0 Å². The second kappa shape index (κ2) is 9.31. The first-order valence-electron chi connectivity index (χ1n) is 7.40. The van der Waals surface area contributed by atoms with Gasteiger partial charge < -0.3 is 20.4 Å². The molecule has 0 aliphatic heterocycles. The minimum atomic E-state index is -1.74. The van der Waals surface area contributed by atoms with Gasteiger partial charge in [0.2, 0.25) is 0 Å². The molecule has 1 heterocycles. The summed E-state index contributed by atoms with van der Waals surface area (Å²) < 4.78 is 6.24. The first kappa shape index (κ1) is 19.1. The van der Waals surface area contributed by atoms with Gasteiger partial charge in [-0.15, -0.1) is 5.10 Å². The topological polar surface area (TPSA) is 119 Å². The highest BCUT2D eigenvalue weighted by molar-refractivity contribution is 6.35. The summed E-state index contributed by atoms with van der Waals surface area (Å²) in [5.41, 5.74) is 6.98. The van der Waals surface area contributed by atoms with E-state index < -0.39 is 7.32 Å². The van der Waals surface area contributed by atoms with E-state index in [1.807, 2.05) is 6.07 Å². The Hall–Kier alpha value is -1.23. The van der Waals surface area contributed by atoms with Crippen molar-refractivity contribution in [3.05, 3.63) is 39.6 Å². The highest BCUT2D eigenvalue weighted by atomic mass is 35.5. The van der Waals surface area contributed by atoms with Crippen LogP contribution in [0, 0.1) is 0 Å². The molecule has 0 amide bonds. The summed E-state index contributed by atoms with van der Waals surface area (Å²) in [7, 11) is -1.74. The molecular weight excluding hydrogens is 356 g/mol. The van der Waals surface area contributed by atoms with Gasteiger partial charge in [-0.25, -0.2) is 4.68 Å². The lowest BCUT2D eigenvalue weighted by Gasteiger charge is -2.12. The molecule has 4 N–H and O–H groups in total. The van der Waals surface area contributed by atoms with Crippen LogP contribution >= 0.6 is 23.2 Å². The van der Waals surface area contributed by atoms with Gasteiger partial charge in [-0.2, -0.15) is 0 Å². The van der Waals surface area contributed by atoms with Crippen LogP contribution in [0.5, 0.6) is 0 Å². The largest absolute Gasteiger partial charge is 0.633 e. The number of nitrogens with zero attached hydrogens (tertiary/aromatic N) is 4. The number of hydrogen-bond acceptors (Lipinski definition) is 7. The molecule has 1 atom stereocenters. The fraction of sp³-hybridized carbons (Fsp3) is 0.462. The highest BCUT2D eigenvalue weighted by Gasteiger charge is 2.16. The minimum Gasteiger partial charge on any atom is -0.402 e. The van der Waals surface area contributed by atoms with Crippen LogP contribution in [0.25, 0.3) is 0 Å². The lowest BCUT2D eigenvalue weighted by atomic mass is 10.1. The van der Waals surface area contributed by atoms with Crippen LogP contribution in [-0.4, -0.2) is 44.2 Å². The van der Waals surface area contributed by atoms with Crippen LogP contribution < -0.4 is 5.73 Å². The molecule has 24 heavy (non-hydrogen) atoms. The number of tetrazole rings is 1. The van der Waals surface area contributed by atoms with E-state index in [4.69, 9.17) is 39.0 Å². The molecule has 130 valence electrons. The molecule has 0 spiro atoms. The maximum Gasteiger partial charge on any atom is 0.633 e. The van der Waals surface area contributed by atoms with Crippen LogP contribution in [0.1, 0.15) is 36.7 Å². The Kier molecular flexibility index (Phi) is 7.41. The third-order valence-electron chi connectivity index (χ3n) is 3.40. The number of aromatic nitrogens is 4. The maximum atomic E-state index is 8.59. The Morgan fingerprint density at radius 1 is 1.29 bits per heavy atom. The third kappa shape index (κ3) is 5.69. The first-order valence-corrected chi connectivity index (χ1v) is 8.16. The lowest BCUT2D eigenvalue weighted by molar-refractivity contribution is 0.181. The maximum absolute atomic E-state index is 8.59. The second-order valence-electron chi connectivity index (χ2n) is 5.23. The summed E-state index contributed by atoms with van der Waals surface area (Å²) in [5.74, 6) is 0.559. The van der Waals surface area contributed by atoms with E-state index in [1.165, 1.54) is 0 Å². The lowest BCUT2D eigenvalue weighted by Crippen LogP contribution is -2.19. The van der Waals surface area contributed by atoms with Crippen LogP contribution in [0.15, 0.2) is 18.2 Å². The zero-order valence-electron chi connectivity index (χ0n) is 12.8. The molecule has 11 heteroatoms. The molecule has 1 aromatic heterocycles. The van der Waals surface area contributed by atoms with Crippen molar-refractivity contribution in [3.8, 4) is 0 Å². The molecule has 0 saturated carbocycles. The first-order chi connectivity index (χ1) is 11.5. The average Bonchev–Trinajstić information content (AvgIpc) is 2.97. The molecule has 0 aliphatic carbocycles. The Bertz CT molecular complexity index is 658. The van der Waals surface area contributed by atoms with E-state index in [0.717, 1.165) is 12.0 Å². The molecule has 2 aromatic rings. The van der Waals surface area contributed by atoms with Gasteiger partial charge in [0.15, 0.2) is 5.82 Å². The molecular formula is C13H18BCl2N5O3. The van der Waals surface area contributed by atoms with Crippen molar-refractivity contribution in [3.63, 3.8) is 0 Å². The van der Waals surface area contributed by atoms with Gasteiger partial charge in [-0.05, 0) is 47.4 Å². The number of unbranched alkanes of at least 4 members (excludes halogenated alkanes) is 1. The number of benzene rings is 1. The molecule has 2 rings (SSSR count). The van der Waals surface area contributed by atoms with Crippen molar-refractivity contribution in [2.75, 3.05) is 6.61 Å². The van der Waals surface area contributed by atoms with Crippen molar-refractivity contribution in [1.29, 1.82) is 0 Å². The zero-order chi connectivity index (χ0) is 17.5. The van der Waals surface area contributed by atoms with Gasteiger partial charge in [0.1, 0.15) is 0 Å². The zero-order valence-corrected chi connectivity index (χ0v) is 14.4. The quantitative estimate of drug-likeness (QED) is 0.446. The molecule has 0 radical (unpaired) electrons. The van der Waals surface area contributed by atoms with E-state index in [0.29, 0.717) is 35.3 Å². The summed E-state index contributed by atoms with van der Waals surface area (Å²) in [5, 5.41) is 29.9. The SMILES string of the molecule is NC(CCCCOB(O)O)c1nnnn1Cc1ccc(Cl)cc1Cl. The van der Waals surface area contributed by atoms with Gasteiger partial charge in [-0.1, -0.05) is 29.3 Å². The third-order valence-corrected chi connectivity index (χ3v) is 3.99. The molecule has 1 aromatic carbocycles. The van der Waals surface area contributed by atoms with E-state index in [1.54, 1.807) is 16.8 Å². The van der Waals surface area contributed by atoms with E-state index in [-0.39, 0.29) is 12.6 Å². The summed E-state index contributed by atoms with van der Waals surface area (Å²) in [6.45, 7) is 0.640. The number of hydrogen-bond donors (Lipinski definition) is 3. The standard InChI is InChI=1S/C13H18BCl2N5O3/c15-10-5-4-9(11(16)7-10)8-21-13(18-19-20-21)12(17)3-1-2-6-24-14(22)23/h4-5,7,12,22-23H,1-3,6,8,17H2. The van der Waals surface area contributed by atoms with Crippen molar-refractivity contribution in [1.82, 2.24) is 20.2 Å². The summed E-state index contributed by atoms with van der Waals surface area (Å²) in [4.78, 5) is 0. The normalized spacial score (nSPS) is 12.4. The summed E-state index contributed by atoms with van der Waals surface area (Å²) >= 11 is 12.1. The Morgan fingerprint density at radius 2 is 2.08 bits per heavy atom. The fourth-order valence-electron chi connectivity index (χ4n) is 2.19. The van der Waals surface area contributed by atoms with Crippen LogP contribution in [0.2, 0.25) is 10.0 Å². The highest BCUT2D eigenvalue weighted by Crippen LogP contribution is 2.22. The minimum absolute atomic E-state index is 0.246. The van der Waals surface area contributed by atoms with E-state index in [9.17, 15) is 0 Å². The van der Waals surface area contributed by atoms with Crippen molar-refractivity contribution in [2.24, 2.45) is 5.73 Å². The molecule has 1 unspecified atom stereocenters. The molecule has 8 nitrogen and oxygen atoms in total. The van der Waals surface area contributed by atoms with E-state index >= 15 is 0 Å². The van der Waals surface area contributed by atoms with Gasteiger partial charge >= 0.3 is 7.32 Å². The smallest absolute Gasteiger partial charge is 0.402 e. The van der Waals surface area contributed by atoms with Crippen LogP contribution in [0.3, 0.4) is 0 Å². The predicted octanol–water partition coefficient (Wildman–Crippen LogP) is 1.18.